The molecule has 2 aromatic carbocycles. The topological polar surface area (TPSA) is 84.7 Å². The molecule has 0 amide bonds. The Morgan fingerprint density at radius 2 is 1.74 bits per heavy atom. The molecule has 0 unspecified atom stereocenters. The molecule has 1 aromatic heterocycles. The Balaban J connectivity index is 2.14. The van der Waals surface area contributed by atoms with Crippen LogP contribution < -0.4 is 18.9 Å². The molecule has 0 bridgehead atoms. The van der Waals surface area contributed by atoms with Gasteiger partial charge in [-0.1, -0.05) is 25.5 Å². The number of aromatic nitrogens is 3. The van der Waals surface area contributed by atoms with Crippen molar-refractivity contribution in [2.45, 2.75) is 19.8 Å². The number of nitrogens with zero attached hydrogens (tertiary/aromatic N) is 3. The van der Waals surface area contributed by atoms with Gasteiger partial charge in [-0.15, -0.1) is 5.10 Å². The fraction of sp³-hybridized carbons (Fsp3) is 0.318. The lowest BCUT2D eigenvalue weighted by Crippen LogP contribution is -2.16. The van der Waals surface area contributed by atoms with E-state index in [1.54, 1.807) is 30.3 Å². The molecule has 0 atom stereocenters. The Morgan fingerprint density at radius 3 is 2.32 bits per heavy atom. The van der Waals surface area contributed by atoms with Crippen LogP contribution in [0.5, 0.6) is 23.3 Å². The first-order chi connectivity index (χ1) is 15.0. The van der Waals surface area contributed by atoms with Crippen LogP contribution in [0.25, 0.3) is 11.4 Å². The zero-order valence-corrected chi connectivity index (χ0v) is 19.4. The molecular formula is C22H24BrN3O5. The smallest absolute Gasteiger partial charge is 0.336 e. The van der Waals surface area contributed by atoms with Crippen molar-refractivity contribution in [2.24, 2.45) is 0 Å². The third-order valence-electron chi connectivity index (χ3n) is 4.54. The van der Waals surface area contributed by atoms with Crippen molar-refractivity contribution >= 4 is 21.8 Å². The number of unbranched alkanes of at least 4 members (excludes halogenated alkanes) is 1. The van der Waals surface area contributed by atoms with Gasteiger partial charge in [0.05, 0.1) is 33.5 Å². The normalized spacial score (nSPS) is 10.6. The molecule has 0 spiro atoms. The molecule has 0 fully saturated rings. The Bertz CT molecular complexity index is 1040. The maximum Gasteiger partial charge on any atom is 0.336 e. The first-order valence-electron chi connectivity index (χ1n) is 9.73. The minimum atomic E-state index is -0.353. The van der Waals surface area contributed by atoms with Crippen LogP contribution in [0.1, 0.15) is 30.1 Å². The van der Waals surface area contributed by atoms with E-state index in [0.29, 0.717) is 45.3 Å². The third-order valence-corrected chi connectivity index (χ3v) is 5.23. The summed E-state index contributed by atoms with van der Waals surface area (Å²) < 4.78 is 23.8. The number of methoxy groups -OCH3 is 3. The van der Waals surface area contributed by atoms with Crippen LogP contribution in [0, 0.1) is 0 Å². The molecule has 31 heavy (non-hydrogen) atoms. The van der Waals surface area contributed by atoms with Crippen molar-refractivity contribution in [2.75, 3.05) is 27.9 Å². The fourth-order valence-corrected chi connectivity index (χ4v) is 3.40. The standard InChI is InChI=1S/C22H24BrN3O5/c1-5-6-11-31-22-24-20(14-12-17(28-2)19(30-4)18(13-14)29-3)26(25-22)21(27)15-9-7-8-10-16(15)23/h7-10,12-13H,5-6,11H2,1-4H3. The number of hydrogen-bond acceptors (Lipinski definition) is 7. The molecule has 0 N–H and O–H groups in total. The lowest BCUT2D eigenvalue weighted by atomic mass is 10.1. The van der Waals surface area contributed by atoms with Crippen LogP contribution in [-0.2, 0) is 0 Å². The zero-order chi connectivity index (χ0) is 22.4. The van der Waals surface area contributed by atoms with Crippen LogP contribution in [0.2, 0.25) is 0 Å². The van der Waals surface area contributed by atoms with Gasteiger partial charge in [-0.25, -0.2) is 0 Å². The van der Waals surface area contributed by atoms with Crippen molar-refractivity contribution in [3.8, 4) is 34.6 Å². The molecule has 0 aliphatic heterocycles. The zero-order valence-electron chi connectivity index (χ0n) is 17.8. The molecule has 0 aliphatic rings. The van der Waals surface area contributed by atoms with E-state index in [1.165, 1.54) is 26.0 Å². The molecule has 0 radical (unpaired) electrons. The van der Waals surface area contributed by atoms with Crippen molar-refractivity contribution in [1.82, 2.24) is 14.8 Å². The van der Waals surface area contributed by atoms with Gasteiger partial charge in [-0.2, -0.15) is 9.67 Å². The lowest BCUT2D eigenvalue weighted by molar-refractivity contribution is 0.0944. The van der Waals surface area contributed by atoms with Gasteiger partial charge in [-0.3, -0.25) is 4.79 Å². The number of hydrogen-bond donors (Lipinski definition) is 0. The van der Waals surface area contributed by atoms with Crippen LogP contribution in [0.15, 0.2) is 40.9 Å². The molecule has 3 rings (SSSR count). The van der Waals surface area contributed by atoms with Crippen LogP contribution in [0.3, 0.4) is 0 Å². The van der Waals surface area contributed by atoms with E-state index in [9.17, 15) is 4.79 Å². The van der Waals surface area contributed by atoms with Gasteiger partial charge in [0, 0.05) is 10.0 Å². The van der Waals surface area contributed by atoms with Crippen molar-refractivity contribution in [1.29, 1.82) is 0 Å². The van der Waals surface area contributed by atoms with Gasteiger partial charge in [0.2, 0.25) is 5.75 Å². The number of ether oxygens (including phenoxy) is 4. The molecular weight excluding hydrogens is 466 g/mol. The van der Waals surface area contributed by atoms with Crippen molar-refractivity contribution < 1.29 is 23.7 Å². The number of carbonyl (C=O) groups is 1. The fourth-order valence-electron chi connectivity index (χ4n) is 2.95. The summed E-state index contributed by atoms with van der Waals surface area (Å²) in [5, 5.41) is 4.33. The predicted molar refractivity (Wildman–Crippen MR) is 119 cm³/mol. The number of carbonyl (C=O) groups excluding carboxylic acids is 1. The highest BCUT2D eigenvalue weighted by molar-refractivity contribution is 9.10. The SMILES string of the molecule is CCCCOc1nc(-c2cc(OC)c(OC)c(OC)c2)n(C(=O)c2ccccc2Br)n1. The number of rotatable bonds is 9. The molecule has 3 aromatic rings. The average molecular weight is 490 g/mol. The maximum atomic E-state index is 13.3. The summed E-state index contributed by atoms with van der Waals surface area (Å²) in [4.78, 5) is 17.8. The Labute approximate surface area is 189 Å². The number of halogens is 1. The Morgan fingerprint density at radius 1 is 1.06 bits per heavy atom. The summed E-state index contributed by atoms with van der Waals surface area (Å²) in [6.07, 6.45) is 1.82. The average Bonchev–Trinajstić information content (AvgIpc) is 3.22. The molecule has 0 saturated heterocycles. The van der Waals surface area contributed by atoms with Gasteiger partial charge in [0.15, 0.2) is 17.3 Å². The van der Waals surface area contributed by atoms with E-state index in [4.69, 9.17) is 18.9 Å². The first-order valence-corrected chi connectivity index (χ1v) is 10.5. The van der Waals surface area contributed by atoms with Gasteiger partial charge in [0.25, 0.3) is 5.91 Å². The summed E-state index contributed by atoms with van der Waals surface area (Å²) in [7, 11) is 4.58. The van der Waals surface area contributed by atoms with Crippen molar-refractivity contribution in [3.05, 3.63) is 46.4 Å². The Kier molecular flexibility index (Phi) is 7.51. The summed E-state index contributed by atoms with van der Waals surface area (Å²) >= 11 is 3.43. The second-order valence-corrected chi connectivity index (χ2v) is 7.39. The van der Waals surface area contributed by atoms with E-state index >= 15 is 0 Å². The van der Waals surface area contributed by atoms with Gasteiger partial charge < -0.3 is 18.9 Å². The minimum Gasteiger partial charge on any atom is -0.493 e. The second-order valence-electron chi connectivity index (χ2n) is 6.53. The number of benzene rings is 2. The molecule has 1 heterocycles. The Hall–Kier alpha value is -3.07. The highest BCUT2D eigenvalue weighted by Gasteiger charge is 2.24. The van der Waals surface area contributed by atoms with E-state index in [-0.39, 0.29) is 11.9 Å². The molecule has 9 heteroatoms. The minimum absolute atomic E-state index is 0.123. The summed E-state index contributed by atoms with van der Waals surface area (Å²) in [5.41, 5.74) is 1.01. The highest BCUT2D eigenvalue weighted by atomic mass is 79.9. The molecule has 164 valence electrons. The van der Waals surface area contributed by atoms with E-state index in [2.05, 4.69) is 32.9 Å². The first kappa shape index (κ1) is 22.6. The monoisotopic (exact) mass is 489 g/mol. The predicted octanol–water partition coefficient (Wildman–Crippen LogP) is 4.60. The maximum absolute atomic E-state index is 13.3. The quantitative estimate of drug-likeness (QED) is 0.406. The lowest BCUT2D eigenvalue weighted by Gasteiger charge is -2.14. The van der Waals surface area contributed by atoms with Crippen LogP contribution >= 0.6 is 15.9 Å². The van der Waals surface area contributed by atoms with Crippen molar-refractivity contribution in [3.63, 3.8) is 0 Å². The molecule has 8 nitrogen and oxygen atoms in total. The highest BCUT2D eigenvalue weighted by Crippen LogP contribution is 2.41. The molecule has 0 saturated carbocycles. The second kappa shape index (κ2) is 10.3. The summed E-state index contributed by atoms with van der Waals surface area (Å²) in [6, 6.07) is 10.7. The largest absolute Gasteiger partial charge is 0.493 e. The van der Waals surface area contributed by atoms with E-state index < -0.39 is 0 Å². The van der Waals surface area contributed by atoms with Crippen LogP contribution in [-0.4, -0.2) is 48.6 Å². The summed E-state index contributed by atoms with van der Waals surface area (Å²) in [6.45, 7) is 2.52. The van der Waals surface area contributed by atoms with Gasteiger partial charge in [0.1, 0.15) is 0 Å². The van der Waals surface area contributed by atoms with Gasteiger partial charge >= 0.3 is 6.01 Å². The van der Waals surface area contributed by atoms with Gasteiger partial charge in [-0.05, 0) is 46.6 Å². The molecule has 0 aliphatic carbocycles. The van der Waals surface area contributed by atoms with E-state index in [1.807, 2.05) is 6.07 Å². The van der Waals surface area contributed by atoms with E-state index in [0.717, 1.165) is 12.8 Å². The van der Waals surface area contributed by atoms with Crippen LogP contribution in [0.4, 0.5) is 0 Å². The summed E-state index contributed by atoms with van der Waals surface area (Å²) in [5.74, 6) is 1.26. The third kappa shape index (κ3) is 4.82.